The average molecular weight is 284 g/mol. The molecule has 1 unspecified atom stereocenters. The van der Waals surface area contributed by atoms with Gasteiger partial charge in [0.15, 0.2) is 0 Å². The Morgan fingerprint density at radius 3 is 2.90 bits per heavy atom. The van der Waals surface area contributed by atoms with E-state index in [2.05, 4.69) is 31.9 Å². The highest BCUT2D eigenvalue weighted by Crippen LogP contribution is 2.21. The standard InChI is InChI=1S/C15H20N6/c1-3-4-17-13(9-15-18-6-7-20(15)2)12-10-19-21-8-5-16-11-14(12)21/h5-8,10-11,13,17H,3-4,9H2,1-2H3. The highest BCUT2D eigenvalue weighted by molar-refractivity contribution is 5.53. The molecule has 21 heavy (non-hydrogen) atoms. The molecule has 3 rings (SSSR count). The number of fused-ring (bicyclic) bond motifs is 1. The lowest BCUT2D eigenvalue weighted by Gasteiger charge is -2.17. The largest absolute Gasteiger partial charge is 0.338 e. The van der Waals surface area contributed by atoms with Gasteiger partial charge in [0.1, 0.15) is 5.82 Å². The van der Waals surface area contributed by atoms with Gasteiger partial charge >= 0.3 is 0 Å². The van der Waals surface area contributed by atoms with Crippen LogP contribution in [0.5, 0.6) is 0 Å². The molecule has 3 aromatic rings. The molecule has 0 saturated heterocycles. The molecule has 3 heterocycles. The predicted octanol–water partition coefficient (Wildman–Crippen LogP) is 1.75. The minimum Gasteiger partial charge on any atom is -0.338 e. The molecule has 110 valence electrons. The van der Waals surface area contributed by atoms with E-state index >= 15 is 0 Å². The number of hydrogen-bond acceptors (Lipinski definition) is 4. The van der Waals surface area contributed by atoms with Crippen molar-refractivity contribution in [2.24, 2.45) is 7.05 Å². The van der Waals surface area contributed by atoms with Crippen molar-refractivity contribution >= 4 is 5.52 Å². The Balaban J connectivity index is 1.93. The molecule has 0 aliphatic heterocycles. The Morgan fingerprint density at radius 1 is 1.24 bits per heavy atom. The van der Waals surface area contributed by atoms with Gasteiger partial charge in [0.05, 0.1) is 17.9 Å². The molecule has 0 aliphatic carbocycles. The topological polar surface area (TPSA) is 60.0 Å². The molecule has 0 spiro atoms. The molecule has 1 N–H and O–H groups in total. The Labute approximate surface area is 123 Å². The van der Waals surface area contributed by atoms with Crippen molar-refractivity contribution in [3.05, 3.63) is 48.6 Å². The molecular weight excluding hydrogens is 264 g/mol. The predicted molar refractivity (Wildman–Crippen MR) is 80.9 cm³/mol. The summed E-state index contributed by atoms with van der Waals surface area (Å²) in [5.74, 6) is 1.06. The first-order valence-corrected chi connectivity index (χ1v) is 7.26. The highest BCUT2D eigenvalue weighted by atomic mass is 15.2. The minimum absolute atomic E-state index is 0.188. The van der Waals surface area contributed by atoms with Crippen LogP contribution in [0.3, 0.4) is 0 Å². The van der Waals surface area contributed by atoms with E-state index in [0.717, 1.165) is 30.7 Å². The van der Waals surface area contributed by atoms with E-state index in [1.54, 1.807) is 6.20 Å². The molecular formula is C15H20N6. The first-order valence-electron chi connectivity index (χ1n) is 7.26. The van der Waals surface area contributed by atoms with Crippen LogP contribution < -0.4 is 5.32 Å². The number of imidazole rings is 1. The van der Waals surface area contributed by atoms with Crippen LogP contribution in [-0.2, 0) is 13.5 Å². The zero-order chi connectivity index (χ0) is 14.7. The molecule has 3 aromatic heterocycles. The molecule has 6 heteroatoms. The van der Waals surface area contributed by atoms with E-state index in [0.29, 0.717) is 0 Å². The van der Waals surface area contributed by atoms with Gasteiger partial charge in [-0.3, -0.25) is 4.98 Å². The minimum atomic E-state index is 0.188. The van der Waals surface area contributed by atoms with Gasteiger partial charge in [0.2, 0.25) is 0 Å². The molecule has 0 fully saturated rings. The van der Waals surface area contributed by atoms with Gasteiger partial charge in [-0.15, -0.1) is 0 Å². The van der Waals surface area contributed by atoms with Crippen LogP contribution in [0.1, 0.15) is 30.8 Å². The highest BCUT2D eigenvalue weighted by Gasteiger charge is 2.18. The van der Waals surface area contributed by atoms with Crippen molar-refractivity contribution in [1.82, 2.24) is 29.5 Å². The van der Waals surface area contributed by atoms with Gasteiger partial charge in [-0.25, -0.2) is 9.50 Å². The van der Waals surface area contributed by atoms with Gasteiger partial charge in [-0.2, -0.15) is 5.10 Å². The van der Waals surface area contributed by atoms with E-state index in [9.17, 15) is 0 Å². The van der Waals surface area contributed by atoms with Crippen LogP contribution in [0.25, 0.3) is 5.52 Å². The Kier molecular flexibility index (Phi) is 3.96. The zero-order valence-corrected chi connectivity index (χ0v) is 12.4. The molecule has 0 saturated carbocycles. The first kappa shape index (κ1) is 13.8. The van der Waals surface area contributed by atoms with Gasteiger partial charge in [0, 0.05) is 49.9 Å². The van der Waals surface area contributed by atoms with E-state index < -0.39 is 0 Å². The van der Waals surface area contributed by atoms with E-state index in [4.69, 9.17) is 0 Å². The summed E-state index contributed by atoms with van der Waals surface area (Å²) in [7, 11) is 2.02. The fourth-order valence-electron chi connectivity index (χ4n) is 2.51. The third-order valence-electron chi connectivity index (χ3n) is 3.68. The summed E-state index contributed by atoms with van der Waals surface area (Å²) in [4.78, 5) is 8.65. The SMILES string of the molecule is CCCNC(Cc1nccn1C)c1cnn2ccncc12. The van der Waals surface area contributed by atoms with Gasteiger partial charge in [-0.1, -0.05) is 6.92 Å². The smallest absolute Gasteiger partial charge is 0.110 e. The fourth-order valence-corrected chi connectivity index (χ4v) is 2.51. The molecule has 0 aliphatic rings. The summed E-state index contributed by atoms with van der Waals surface area (Å²) in [5, 5.41) is 8.00. The lowest BCUT2D eigenvalue weighted by atomic mass is 10.1. The van der Waals surface area contributed by atoms with Gasteiger partial charge in [-0.05, 0) is 13.0 Å². The number of rotatable bonds is 6. The lowest BCUT2D eigenvalue weighted by Crippen LogP contribution is -2.25. The maximum atomic E-state index is 4.43. The first-order chi connectivity index (χ1) is 10.3. The lowest BCUT2D eigenvalue weighted by molar-refractivity contribution is 0.514. The third kappa shape index (κ3) is 2.80. The van der Waals surface area contributed by atoms with Crippen LogP contribution in [0.2, 0.25) is 0 Å². The van der Waals surface area contributed by atoms with Crippen molar-refractivity contribution in [2.45, 2.75) is 25.8 Å². The average Bonchev–Trinajstić information content (AvgIpc) is 3.10. The summed E-state index contributed by atoms with van der Waals surface area (Å²) in [5.41, 5.74) is 2.21. The summed E-state index contributed by atoms with van der Waals surface area (Å²) < 4.78 is 3.92. The molecule has 6 nitrogen and oxygen atoms in total. The quantitative estimate of drug-likeness (QED) is 0.749. The number of aryl methyl sites for hydroxylation is 1. The van der Waals surface area contributed by atoms with Crippen LogP contribution in [0, 0.1) is 0 Å². The molecule has 0 radical (unpaired) electrons. The summed E-state index contributed by atoms with van der Waals surface area (Å²) >= 11 is 0. The number of nitrogens with one attached hydrogen (secondary N) is 1. The van der Waals surface area contributed by atoms with Crippen LogP contribution >= 0.6 is 0 Å². The Hall–Kier alpha value is -2.21. The van der Waals surface area contributed by atoms with E-state index in [-0.39, 0.29) is 6.04 Å². The van der Waals surface area contributed by atoms with E-state index in [1.165, 1.54) is 5.56 Å². The third-order valence-corrected chi connectivity index (χ3v) is 3.68. The Bertz CT molecular complexity index is 714. The fraction of sp³-hybridized carbons (Fsp3) is 0.400. The van der Waals surface area contributed by atoms with Crippen LogP contribution in [0.15, 0.2) is 37.2 Å². The summed E-state index contributed by atoms with van der Waals surface area (Å²) in [6.45, 7) is 3.13. The monoisotopic (exact) mass is 284 g/mol. The van der Waals surface area contributed by atoms with Gasteiger partial charge in [0.25, 0.3) is 0 Å². The van der Waals surface area contributed by atoms with Crippen molar-refractivity contribution in [3.63, 3.8) is 0 Å². The van der Waals surface area contributed by atoms with Crippen LogP contribution in [-0.4, -0.2) is 30.7 Å². The molecule has 0 amide bonds. The summed E-state index contributed by atoms with van der Waals surface area (Å²) in [6, 6.07) is 0.188. The second kappa shape index (κ2) is 6.05. The number of nitrogens with zero attached hydrogens (tertiary/aromatic N) is 5. The molecule has 0 bridgehead atoms. The molecule has 0 aromatic carbocycles. The van der Waals surface area contributed by atoms with Crippen molar-refractivity contribution in [3.8, 4) is 0 Å². The van der Waals surface area contributed by atoms with Crippen molar-refractivity contribution in [1.29, 1.82) is 0 Å². The normalized spacial score (nSPS) is 12.9. The second-order valence-electron chi connectivity index (χ2n) is 5.17. The van der Waals surface area contributed by atoms with E-state index in [1.807, 2.05) is 42.5 Å². The second-order valence-corrected chi connectivity index (χ2v) is 5.17. The maximum Gasteiger partial charge on any atom is 0.110 e. The summed E-state index contributed by atoms with van der Waals surface area (Å²) in [6.07, 6.45) is 13.1. The molecule has 1 atom stereocenters. The van der Waals surface area contributed by atoms with Gasteiger partial charge < -0.3 is 9.88 Å². The number of hydrogen-bond donors (Lipinski definition) is 1. The maximum absolute atomic E-state index is 4.43. The zero-order valence-electron chi connectivity index (χ0n) is 12.4. The van der Waals surface area contributed by atoms with Crippen LogP contribution in [0.4, 0.5) is 0 Å². The van der Waals surface area contributed by atoms with Crippen molar-refractivity contribution < 1.29 is 0 Å². The van der Waals surface area contributed by atoms with Crippen molar-refractivity contribution in [2.75, 3.05) is 6.54 Å². The number of aromatic nitrogens is 5. The Morgan fingerprint density at radius 2 is 2.14 bits per heavy atom.